The molecule has 1 saturated carbocycles. The number of hydrogen-bond donors (Lipinski definition) is 2. The smallest absolute Gasteiger partial charge is 0.319 e. The summed E-state index contributed by atoms with van der Waals surface area (Å²) >= 11 is 0. The predicted molar refractivity (Wildman–Crippen MR) is 103 cm³/mol. The van der Waals surface area contributed by atoms with Crippen LogP contribution >= 0.6 is 0 Å². The summed E-state index contributed by atoms with van der Waals surface area (Å²) in [5.41, 5.74) is 1.98. The summed E-state index contributed by atoms with van der Waals surface area (Å²) in [6.07, 6.45) is 3.90. The Morgan fingerprint density at radius 2 is 1.54 bits per heavy atom. The van der Waals surface area contributed by atoms with Gasteiger partial charge < -0.3 is 20.1 Å². The molecule has 2 amide bonds. The summed E-state index contributed by atoms with van der Waals surface area (Å²) in [5, 5.41) is 5.94. The number of benzene rings is 2. The Kier molecular flexibility index (Phi) is 6.00. The monoisotopic (exact) mass is 354 g/mol. The second-order valence-electron chi connectivity index (χ2n) is 6.73. The molecule has 2 aromatic carbocycles. The van der Waals surface area contributed by atoms with Crippen molar-refractivity contribution in [3.05, 3.63) is 54.1 Å². The van der Waals surface area contributed by atoms with Crippen molar-refractivity contribution in [2.75, 3.05) is 12.4 Å². The van der Waals surface area contributed by atoms with E-state index >= 15 is 0 Å². The Hall–Kier alpha value is -2.69. The minimum absolute atomic E-state index is 0.145. The molecule has 26 heavy (non-hydrogen) atoms. The molecule has 0 heterocycles. The van der Waals surface area contributed by atoms with Crippen molar-refractivity contribution in [3.8, 4) is 11.5 Å². The van der Waals surface area contributed by atoms with Gasteiger partial charge >= 0.3 is 6.03 Å². The number of rotatable bonds is 5. The second kappa shape index (κ2) is 8.61. The van der Waals surface area contributed by atoms with Crippen molar-refractivity contribution in [1.29, 1.82) is 0 Å². The van der Waals surface area contributed by atoms with Crippen molar-refractivity contribution < 1.29 is 14.3 Å². The van der Waals surface area contributed by atoms with E-state index in [0.717, 1.165) is 42.9 Å². The molecule has 1 fully saturated rings. The average molecular weight is 354 g/mol. The number of methoxy groups -OCH3 is 1. The third-order valence-corrected chi connectivity index (χ3v) is 4.68. The highest BCUT2D eigenvalue weighted by Crippen LogP contribution is 2.25. The van der Waals surface area contributed by atoms with Crippen LogP contribution in [0.4, 0.5) is 10.5 Å². The summed E-state index contributed by atoms with van der Waals surface area (Å²) in [6, 6.07) is 15.5. The second-order valence-corrected chi connectivity index (χ2v) is 6.73. The lowest BCUT2D eigenvalue weighted by Crippen LogP contribution is -2.41. The summed E-state index contributed by atoms with van der Waals surface area (Å²) in [4.78, 5) is 12.1. The van der Waals surface area contributed by atoms with E-state index in [1.165, 1.54) is 5.56 Å². The van der Waals surface area contributed by atoms with Gasteiger partial charge in [-0.2, -0.15) is 0 Å². The maximum atomic E-state index is 12.1. The fourth-order valence-corrected chi connectivity index (χ4v) is 3.16. The molecule has 0 saturated heterocycles. The van der Waals surface area contributed by atoms with Gasteiger partial charge in [0, 0.05) is 11.7 Å². The molecule has 0 unspecified atom stereocenters. The van der Waals surface area contributed by atoms with E-state index in [0.29, 0.717) is 0 Å². The summed E-state index contributed by atoms with van der Waals surface area (Å²) in [5.74, 6) is 1.68. The minimum Gasteiger partial charge on any atom is -0.497 e. The maximum absolute atomic E-state index is 12.1. The summed E-state index contributed by atoms with van der Waals surface area (Å²) in [7, 11) is 1.65. The molecular formula is C21H26N2O3. The average Bonchev–Trinajstić information content (AvgIpc) is 2.66. The molecule has 5 heteroatoms. The van der Waals surface area contributed by atoms with Gasteiger partial charge in [-0.25, -0.2) is 4.79 Å². The van der Waals surface area contributed by atoms with Crippen molar-refractivity contribution in [1.82, 2.24) is 5.32 Å². The van der Waals surface area contributed by atoms with Crippen molar-refractivity contribution >= 4 is 11.7 Å². The lowest BCUT2D eigenvalue weighted by atomic mass is 9.93. The van der Waals surface area contributed by atoms with Crippen LogP contribution in [0.25, 0.3) is 0 Å². The van der Waals surface area contributed by atoms with Gasteiger partial charge in [0.25, 0.3) is 0 Å². The Balaban J connectivity index is 1.41. The van der Waals surface area contributed by atoms with Crippen LogP contribution in [-0.2, 0) is 0 Å². The van der Waals surface area contributed by atoms with Crippen molar-refractivity contribution in [2.24, 2.45) is 0 Å². The zero-order valence-electron chi connectivity index (χ0n) is 15.3. The van der Waals surface area contributed by atoms with Gasteiger partial charge in [0.05, 0.1) is 13.2 Å². The summed E-state index contributed by atoms with van der Waals surface area (Å²) in [6.45, 7) is 2.02. The topological polar surface area (TPSA) is 59.6 Å². The molecule has 0 atom stereocenters. The van der Waals surface area contributed by atoms with E-state index in [1.807, 2.05) is 55.5 Å². The van der Waals surface area contributed by atoms with Crippen LogP contribution < -0.4 is 20.1 Å². The number of ether oxygens (including phenoxy) is 2. The number of aryl methyl sites for hydroxylation is 1. The predicted octanol–water partition coefficient (Wildman–Crippen LogP) is 4.52. The Morgan fingerprint density at radius 1 is 0.923 bits per heavy atom. The molecule has 0 bridgehead atoms. The zero-order valence-corrected chi connectivity index (χ0v) is 15.3. The van der Waals surface area contributed by atoms with Crippen LogP contribution in [0.1, 0.15) is 31.2 Å². The molecular weight excluding hydrogens is 328 g/mol. The molecule has 138 valence electrons. The third kappa shape index (κ3) is 5.15. The molecule has 5 nitrogen and oxygen atoms in total. The standard InChI is InChI=1S/C21H26N2O3/c1-15-3-5-16(6-4-15)22-21(24)23-17-7-9-19(10-8-17)26-20-13-11-18(25-2)12-14-20/h3-6,11-14,17,19H,7-10H2,1-2H3,(H2,22,23,24). The first kappa shape index (κ1) is 18.1. The van der Waals surface area contributed by atoms with E-state index in [2.05, 4.69) is 10.6 Å². The first-order chi connectivity index (χ1) is 12.6. The third-order valence-electron chi connectivity index (χ3n) is 4.68. The van der Waals surface area contributed by atoms with Crippen molar-refractivity contribution in [2.45, 2.75) is 44.8 Å². The van der Waals surface area contributed by atoms with Crippen LogP contribution in [0.2, 0.25) is 0 Å². The largest absolute Gasteiger partial charge is 0.497 e. The molecule has 0 aromatic heterocycles. The highest BCUT2D eigenvalue weighted by molar-refractivity contribution is 5.89. The lowest BCUT2D eigenvalue weighted by Gasteiger charge is -2.29. The first-order valence-corrected chi connectivity index (χ1v) is 9.07. The van der Waals surface area contributed by atoms with Crippen LogP contribution in [0.15, 0.2) is 48.5 Å². The quantitative estimate of drug-likeness (QED) is 0.830. The van der Waals surface area contributed by atoms with Crippen molar-refractivity contribution in [3.63, 3.8) is 0 Å². The van der Waals surface area contributed by atoms with Gasteiger partial charge in [0.2, 0.25) is 0 Å². The zero-order chi connectivity index (χ0) is 18.4. The van der Waals surface area contributed by atoms with Gasteiger partial charge in [0.1, 0.15) is 11.5 Å². The van der Waals surface area contributed by atoms with Gasteiger partial charge in [-0.3, -0.25) is 0 Å². The normalized spacial score (nSPS) is 19.5. The van der Waals surface area contributed by atoms with Gasteiger partial charge in [-0.05, 0) is 69.0 Å². The number of carbonyl (C=O) groups is 1. The molecule has 0 aliphatic heterocycles. The lowest BCUT2D eigenvalue weighted by molar-refractivity contribution is 0.141. The van der Waals surface area contributed by atoms with E-state index in [-0.39, 0.29) is 18.2 Å². The van der Waals surface area contributed by atoms with E-state index in [4.69, 9.17) is 9.47 Å². The Bertz CT molecular complexity index is 705. The van der Waals surface area contributed by atoms with Crippen LogP contribution in [-0.4, -0.2) is 25.3 Å². The van der Waals surface area contributed by atoms with Crippen LogP contribution in [0.5, 0.6) is 11.5 Å². The van der Waals surface area contributed by atoms with E-state index in [9.17, 15) is 4.79 Å². The number of carbonyl (C=O) groups excluding carboxylic acids is 1. The number of amides is 2. The Morgan fingerprint density at radius 3 is 2.15 bits per heavy atom. The van der Waals surface area contributed by atoms with Gasteiger partial charge in [-0.15, -0.1) is 0 Å². The fourth-order valence-electron chi connectivity index (χ4n) is 3.16. The fraction of sp³-hybridized carbons (Fsp3) is 0.381. The van der Waals surface area contributed by atoms with E-state index < -0.39 is 0 Å². The minimum atomic E-state index is -0.145. The number of nitrogens with one attached hydrogen (secondary N) is 2. The molecule has 0 radical (unpaired) electrons. The van der Waals surface area contributed by atoms with Gasteiger partial charge in [0.15, 0.2) is 0 Å². The number of anilines is 1. The highest BCUT2D eigenvalue weighted by Gasteiger charge is 2.23. The SMILES string of the molecule is COc1ccc(OC2CCC(NC(=O)Nc3ccc(C)cc3)CC2)cc1. The van der Waals surface area contributed by atoms with Crippen LogP contribution in [0.3, 0.4) is 0 Å². The van der Waals surface area contributed by atoms with Crippen LogP contribution in [0, 0.1) is 6.92 Å². The molecule has 2 aromatic rings. The summed E-state index contributed by atoms with van der Waals surface area (Å²) < 4.78 is 11.2. The molecule has 3 rings (SSSR count). The molecule has 1 aliphatic rings. The molecule has 2 N–H and O–H groups in total. The first-order valence-electron chi connectivity index (χ1n) is 9.07. The van der Waals surface area contributed by atoms with Gasteiger partial charge in [-0.1, -0.05) is 17.7 Å². The molecule has 1 aliphatic carbocycles. The van der Waals surface area contributed by atoms with E-state index in [1.54, 1.807) is 7.11 Å². The number of urea groups is 1. The number of hydrogen-bond acceptors (Lipinski definition) is 3. The molecule has 0 spiro atoms. The maximum Gasteiger partial charge on any atom is 0.319 e. The highest BCUT2D eigenvalue weighted by atomic mass is 16.5. The Labute approximate surface area is 154 Å².